The lowest BCUT2D eigenvalue weighted by Crippen LogP contribution is -2.15. The number of aromatic nitrogens is 2. The van der Waals surface area contributed by atoms with Crippen LogP contribution >= 0.6 is 23.2 Å². The van der Waals surface area contributed by atoms with Crippen molar-refractivity contribution in [3.8, 4) is 0 Å². The van der Waals surface area contributed by atoms with Gasteiger partial charge in [0.1, 0.15) is 22.9 Å². The van der Waals surface area contributed by atoms with Crippen molar-refractivity contribution in [3.05, 3.63) is 39.2 Å². The summed E-state index contributed by atoms with van der Waals surface area (Å²) in [5.74, 6) is 1.08. The van der Waals surface area contributed by atoms with Gasteiger partial charge in [0, 0.05) is 5.56 Å². The first-order valence-corrected chi connectivity index (χ1v) is 6.21. The van der Waals surface area contributed by atoms with Gasteiger partial charge >= 0.3 is 0 Å². The zero-order chi connectivity index (χ0) is 14.2. The molecule has 19 heavy (non-hydrogen) atoms. The molecule has 0 bridgehead atoms. The zero-order valence-corrected chi connectivity index (χ0v) is 12.1. The Morgan fingerprint density at radius 2 is 1.89 bits per heavy atom. The lowest BCUT2D eigenvalue weighted by Gasteiger charge is -2.06. The molecule has 0 unspecified atom stereocenters. The Balaban J connectivity index is 2.34. The summed E-state index contributed by atoms with van der Waals surface area (Å²) in [5.41, 5.74) is 1.26. The lowest BCUT2D eigenvalue weighted by molar-refractivity contribution is 0.102. The van der Waals surface area contributed by atoms with Gasteiger partial charge in [0.25, 0.3) is 5.91 Å². The summed E-state index contributed by atoms with van der Waals surface area (Å²) < 4.78 is 5.41. The average Bonchev–Trinajstić information content (AvgIpc) is 2.59. The minimum Gasteiger partial charge on any atom is -0.466 e. The molecule has 0 aliphatic rings. The second kappa shape index (κ2) is 5.19. The van der Waals surface area contributed by atoms with E-state index in [0.717, 1.165) is 5.56 Å². The van der Waals surface area contributed by atoms with Gasteiger partial charge in [0.2, 0.25) is 0 Å². The van der Waals surface area contributed by atoms with Crippen LogP contribution in [-0.4, -0.2) is 15.9 Å². The van der Waals surface area contributed by atoms with E-state index in [4.69, 9.17) is 27.6 Å². The van der Waals surface area contributed by atoms with E-state index >= 15 is 0 Å². The fourth-order valence-electron chi connectivity index (χ4n) is 1.73. The molecule has 7 heteroatoms. The van der Waals surface area contributed by atoms with E-state index in [9.17, 15) is 4.79 Å². The minimum atomic E-state index is -0.344. The van der Waals surface area contributed by atoms with Crippen molar-refractivity contribution < 1.29 is 9.21 Å². The molecule has 0 aromatic carbocycles. The van der Waals surface area contributed by atoms with Crippen molar-refractivity contribution in [1.82, 2.24) is 9.97 Å². The molecule has 0 atom stereocenters. The topological polar surface area (TPSA) is 68.0 Å². The van der Waals surface area contributed by atoms with Crippen LogP contribution in [-0.2, 0) is 0 Å². The Labute approximate surface area is 119 Å². The van der Waals surface area contributed by atoms with Crippen LogP contribution in [0, 0.1) is 20.8 Å². The number of nitrogens with zero attached hydrogens (tertiary/aromatic N) is 2. The second-order valence-electron chi connectivity index (χ2n) is 4.00. The predicted molar refractivity (Wildman–Crippen MR) is 72.9 cm³/mol. The van der Waals surface area contributed by atoms with E-state index in [0.29, 0.717) is 17.1 Å². The van der Waals surface area contributed by atoms with Crippen molar-refractivity contribution in [2.45, 2.75) is 20.8 Å². The summed E-state index contributed by atoms with van der Waals surface area (Å²) in [6.45, 7) is 5.34. The molecule has 1 N–H and O–H groups in total. The summed E-state index contributed by atoms with van der Waals surface area (Å²) in [4.78, 5) is 19.8. The maximum absolute atomic E-state index is 12.2. The van der Waals surface area contributed by atoms with Crippen molar-refractivity contribution in [2.24, 2.45) is 0 Å². The zero-order valence-electron chi connectivity index (χ0n) is 10.5. The number of nitrogens with one attached hydrogen (secondary N) is 1. The average molecular weight is 300 g/mol. The van der Waals surface area contributed by atoms with Gasteiger partial charge in [0.05, 0.1) is 5.56 Å². The van der Waals surface area contributed by atoms with Gasteiger partial charge in [-0.15, -0.1) is 0 Å². The van der Waals surface area contributed by atoms with Crippen LogP contribution in [0.4, 0.5) is 5.82 Å². The number of carbonyl (C=O) groups is 1. The molecular weight excluding hydrogens is 289 g/mol. The van der Waals surface area contributed by atoms with Gasteiger partial charge < -0.3 is 9.73 Å². The quantitative estimate of drug-likeness (QED) is 0.861. The third-order valence-electron chi connectivity index (χ3n) is 2.77. The van der Waals surface area contributed by atoms with Gasteiger partial charge in [0.15, 0.2) is 11.0 Å². The molecule has 0 fully saturated rings. The first kappa shape index (κ1) is 13.8. The first-order chi connectivity index (χ1) is 8.91. The van der Waals surface area contributed by atoms with Crippen LogP contribution in [0.2, 0.25) is 10.2 Å². The lowest BCUT2D eigenvalue weighted by atomic mass is 10.1. The molecule has 5 nitrogen and oxygen atoms in total. The highest BCUT2D eigenvalue weighted by Gasteiger charge is 2.20. The molecule has 0 aliphatic carbocycles. The predicted octanol–water partition coefficient (Wildman–Crippen LogP) is 3.55. The molecule has 2 heterocycles. The first-order valence-electron chi connectivity index (χ1n) is 5.45. The van der Waals surface area contributed by atoms with Crippen molar-refractivity contribution in [3.63, 3.8) is 0 Å². The fraction of sp³-hybridized carbons (Fsp3) is 0.250. The molecule has 2 aromatic heterocycles. The molecular formula is C12H11Cl2N3O2. The summed E-state index contributed by atoms with van der Waals surface area (Å²) >= 11 is 11.7. The number of carbonyl (C=O) groups excluding carboxylic acids is 1. The highest BCUT2D eigenvalue weighted by molar-refractivity contribution is 6.43. The number of aryl methyl sites for hydroxylation is 2. The number of furan rings is 1. The van der Waals surface area contributed by atoms with Crippen LogP contribution in [0.25, 0.3) is 0 Å². The third-order valence-corrected chi connectivity index (χ3v) is 3.51. The third kappa shape index (κ3) is 2.57. The number of hydrogen-bond donors (Lipinski definition) is 1. The molecule has 0 spiro atoms. The number of halogens is 2. The summed E-state index contributed by atoms with van der Waals surface area (Å²) in [7, 11) is 0. The van der Waals surface area contributed by atoms with Gasteiger partial charge in [-0.2, -0.15) is 0 Å². The highest BCUT2D eigenvalue weighted by atomic mass is 35.5. The van der Waals surface area contributed by atoms with Crippen LogP contribution in [0.3, 0.4) is 0 Å². The fourth-order valence-corrected chi connectivity index (χ4v) is 2.01. The van der Waals surface area contributed by atoms with E-state index in [1.165, 1.54) is 6.33 Å². The van der Waals surface area contributed by atoms with Gasteiger partial charge in [-0.3, -0.25) is 4.79 Å². The molecule has 0 saturated heterocycles. The number of hydrogen-bond acceptors (Lipinski definition) is 4. The van der Waals surface area contributed by atoms with E-state index < -0.39 is 0 Å². The summed E-state index contributed by atoms with van der Waals surface area (Å²) in [5, 5.41) is 2.79. The summed E-state index contributed by atoms with van der Waals surface area (Å²) in [6, 6.07) is 0. The Bertz CT molecular complexity index is 653. The second-order valence-corrected chi connectivity index (χ2v) is 4.73. The Hall–Kier alpha value is -1.59. The van der Waals surface area contributed by atoms with E-state index in [1.807, 2.05) is 6.92 Å². The molecule has 0 radical (unpaired) electrons. The molecule has 2 rings (SSSR count). The molecule has 0 aliphatic heterocycles. The Morgan fingerprint density at radius 1 is 1.21 bits per heavy atom. The molecule has 0 saturated carbocycles. The number of anilines is 1. The maximum Gasteiger partial charge on any atom is 0.260 e. The standard InChI is InChI=1S/C12H11Cl2N3O2/c1-5-6(2)19-7(3)8(5)12(18)17-11-9(13)10(14)15-4-16-11/h4H,1-3H3,(H,15,16,17,18). The molecule has 2 aromatic rings. The van der Waals surface area contributed by atoms with E-state index in [2.05, 4.69) is 15.3 Å². The number of amides is 1. The van der Waals surface area contributed by atoms with Crippen LogP contribution in [0.5, 0.6) is 0 Å². The molecule has 1 amide bonds. The minimum absolute atomic E-state index is 0.0868. The van der Waals surface area contributed by atoms with E-state index in [-0.39, 0.29) is 21.9 Å². The Morgan fingerprint density at radius 3 is 2.47 bits per heavy atom. The smallest absolute Gasteiger partial charge is 0.260 e. The molecule has 100 valence electrons. The van der Waals surface area contributed by atoms with Gasteiger partial charge in [-0.05, 0) is 20.8 Å². The SMILES string of the molecule is Cc1oc(C)c(C(=O)Nc2ncnc(Cl)c2Cl)c1C. The van der Waals surface area contributed by atoms with Crippen molar-refractivity contribution in [2.75, 3.05) is 5.32 Å². The van der Waals surface area contributed by atoms with Crippen LogP contribution < -0.4 is 5.32 Å². The van der Waals surface area contributed by atoms with E-state index in [1.54, 1.807) is 13.8 Å². The largest absolute Gasteiger partial charge is 0.466 e. The normalized spacial score (nSPS) is 10.6. The highest BCUT2D eigenvalue weighted by Crippen LogP contribution is 2.27. The van der Waals surface area contributed by atoms with Crippen molar-refractivity contribution in [1.29, 1.82) is 0 Å². The monoisotopic (exact) mass is 299 g/mol. The summed E-state index contributed by atoms with van der Waals surface area (Å²) in [6.07, 6.45) is 1.23. The van der Waals surface area contributed by atoms with Crippen LogP contribution in [0.15, 0.2) is 10.7 Å². The van der Waals surface area contributed by atoms with Gasteiger partial charge in [-0.25, -0.2) is 9.97 Å². The Kier molecular flexibility index (Phi) is 3.78. The number of rotatable bonds is 2. The maximum atomic E-state index is 12.2. The van der Waals surface area contributed by atoms with Crippen LogP contribution in [0.1, 0.15) is 27.4 Å². The van der Waals surface area contributed by atoms with Crippen molar-refractivity contribution >= 4 is 34.9 Å². The van der Waals surface area contributed by atoms with Gasteiger partial charge in [-0.1, -0.05) is 23.2 Å².